The molecule has 1 aromatic heterocycles. The van der Waals surface area contributed by atoms with Gasteiger partial charge in [-0.2, -0.15) is 0 Å². The largest absolute Gasteiger partial charge is 0.493 e. The van der Waals surface area contributed by atoms with Gasteiger partial charge in [-0.15, -0.1) is 0 Å². The van der Waals surface area contributed by atoms with Crippen LogP contribution in [-0.4, -0.2) is 24.7 Å². The predicted octanol–water partition coefficient (Wildman–Crippen LogP) is 16.4. The molecule has 4 aliphatic carbocycles. The molecule has 3 heterocycles. The highest BCUT2D eigenvalue weighted by Crippen LogP contribution is 2.57. The summed E-state index contributed by atoms with van der Waals surface area (Å²) in [6.07, 6.45) is 11.4. The zero-order valence-corrected chi connectivity index (χ0v) is 45.7. The number of H-pyrrole nitrogens is 1. The highest BCUT2D eigenvalue weighted by molar-refractivity contribution is 5.84. The molecule has 1 saturated carbocycles. The van der Waals surface area contributed by atoms with Crippen molar-refractivity contribution >= 4 is 10.9 Å². The maximum atomic E-state index is 5.76. The van der Waals surface area contributed by atoms with Crippen LogP contribution >= 0.6 is 0 Å². The first kappa shape index (κ1) is 52.0. The van der Waals surface area contributed by atoms with Gasteiger partial charge in [-0.25, -0.2) is 0 Å². The van der Waals surface area contributed by atoms with E-state index in [0.29, 0.717) is 33.0 Å². The Bertz CT molecular complexity index is 2300. The Morgan fingerprint density at radius 3 is 1.41 bits per heavy atom. The third-order valence-electron chi connectivity index (χ3n) is 17.4. The summed E-state index contributed by atoms with van der Waals surface area (Å²) in [6, 6.07) is 34.9. The number of aryl methyl sites for hydroxylation is 2. The molecule has 370 valence electrons. The Labute approximate surface area is 415 Å². The van der Waals surface area contributed by atoms with Crippen LogP contribution in [0.4, 0.5) is 0 Å². The summed E-state index contributed by atoms with van der Waals surface area (Å²) in [4.78, 5) is 3.62. The third kappa shape index (κ3) is 13.1. The fourth-order valence-electron chi connectivity index (χ4n) is 12.3. The van der Waals surface area contributed by atoms with Gasteiger partial charge in [0.25, 0.3) is 0 Å². The van der Waals surface area contributed by atoms with Crippen LogP contribution < -0.4 is 10.1 Å². The van der Waals surface area contributed by atoms with Crippen LogP contribution in [-0.2, 0) is 44.9 Å². The van der Waals surface area contributed by atoms with Crippen molar-refractivity contribution in [3.8, 4) is 5.75 Å². The molecule has 0 amide bonds. The molecule has 11 rings (SSSR count). The van der Waals surface area contributed by atoms with E-state index >= 15 is 0 Å². The number of hydrogen-bond donors (Lipinski definition) is 2. The fraction of sp³-hybridized carbons (Fsp3) is 0.600. The van der Waals surface area contributed by atoms with Crippen molar-refractivity contribution in [1.29, 1.82) is 0 Å². The third-order valence-corrected chi connectivity index (χ3v) is 17.4. The summed E-state index contributed by atoms with van der Waals surface area (Å²) in [7, 11) is 0. The maximum absolute atomic E-state index is 5.76. The van der Waals surface area contributed by atoms with Crippen molar-refractivity contribution in [1.82, 2.24) is 10.3 Å². The Kier molecular flexibility index (Phi) is 16.0. The second kappa shape index (κ2) is 20.9. The molecule has 5 aromatic rings. The molecule has 6 aliphatic rings. The van der Waals surface area contributed by atoms with E-state index in [2.05, 4.69) is 205 Å². The molecule has 2 aliphatic heterocycles. The van der Waals surface area contributed by atoms with Crippen molar-refractivity contribution < 1.29 is 4.74 Å². The number of piperidine rings is 1. The first-order valence-electron chi connectivity index (χ1n) is 27.0. The molecular weight excluding hydrogens is 825 g/mol. The first-order chi connectivity index (χ1) is 31.9. The van der Waals surface area contributed by atoms with Gasteiger partial charge in [0.2, 0.25) is 0 Å². The van der Waals surface area contributed by atoms with E-state index in [9.17, 15) is 0 Å². The number of fused-ring (bicyclic) bond motifs is 7. The van der Waals surface area contributed by atoms with E-state index in [1.807, 2.05) is 6.07 Å². The monoisotopic (exact) mass is 919 g/mol. The summed E-state index contributed by atoms with van der Waals surface area (Å²) >= 11 is 0. The van der Waals surface area contributed by atoms with Gasteiger partial charge in [0.1, 0.15) is 5.75 Å². The van der Waals surface area contributed by atoms with Crippen LogP contribution in [0, 0.1) is 68.5 Å². The van der Waals surface area contributed by atoms with E-state index in [0.717, 1.165) is 54.3 Å². The number of benzene rings is 4. The lowest BCUT2D eigenvalue weighted by atomic mass is 9.71. The number of aromatic nitrogens is 1. The molecule has 2 N–H and O–H groups in total. The van der Waals surface area contributed by atoms with Gasteiger partial charge in [0.05, 0.1) is 6.61 Å². The highest BCUT2D eigenvalue weighted by Gasteiger charge is 2.57. The Morgan fingerprint density at radius 2 is 0.868 bits per heavy atom. The zero-order chi connectivity index (χ0) is 49.2. The summed E-state index contributed by atoms with van der Waals surface area (Å²) in [5, 5.41) is 4.86. The average molecular weight is 919 g/mol. The molecule has 68 heavy (non-hydrogen) atoms. The molecule has 3 nitrogen and oxygen atoms in total. The van der Waals surface area contributed by atoms with Crippen molar-refractivity contribution in [2.45, 2.75) is 162 Å². The minimum absolute atomic E-state index is 0.341. The van der Waals surface area contributed by atoms with Gasteiger partial charge >= 0.3 is 0 Å². The van der Waals surface area contributed by atoms with Gasteiger partial charge < -0.3 is 15.0 Å². The lowest BCUT2D eigenvalue weighted by Gasteiger charge is -2.34. The summed E-state index contributed by atoms with van der Waals surface area (Å²) in [5.41, 5.74) is 14.3. The van der Waals surface area contributed by atoms with E-state index in [4.69, 9.17) is 4.74 Å². The number of aromatic amines is 1. The Balaban J connectivity index is 0.000000127. The fourth-order valence-corrected chi connectivity index (χ4v) is 12.3. The topological polar surface area (TPSA) is 37.0 Å². The molecule has 0 spiro atoms. The van der Waals surface area contributed by atoms with Gasteiger partial charge in [-0.05, 0) is 179 Å². The average Bonchev–Trinajstić information content (AvgIpc) is 3.61. The van der Waals surface area contributed by atoms with Crippen molar-refractivity contribution in [3.63, 3.8) is 0 Å². The second-order valence-corrected chi connectivity index (χ2v) is 27.3. The summed E-state index contributed by atoms with van der Waals surface area (Å²) in [5.74, 6) is 7.30. The van der Waals surface area contributed by atoms with Crippen molar-refractivity contribution in [2.75, 3.05) is 19.7 Å². The number of para-hydroxylation sites is 2. The summed E-state index contributed by atoms with van der Waals surface area (Å²) in [6.45, 7) is 38.7. The SMILES string of the molecule is CC(C)(C)C1C2CNCC21.CC(C)(C)C1CCc2c([nH]c3ccccc23)C1.CC(C)(C)C1CCc2ccccc2C1.CC(C)(C)C1COc2ccccc2C1.CC(C)(C)C1Cc2ccccc2C1. The van der Waals surface area contributed by atoms with Crippen LogP contribution in [0.25, 0.3) is 10.9 Å². The first-order valence-corrected chi connectivity index (χ1v) is 27.0. The molecule has 5 unspecified atom stereocenters. The lowest BCUT2D eigenvalue weighted by Crippen LogP contribution is -2.31. The van der Waals surface area contributed by atoms with Crippen LogP contribution in [0.3, 0.4) is 0 Å². The van der Waals surface area contributed by atoms with Crippen molar-refractivity contribution in [2.24, 2.45) is 68.5 Å². The number of ether oxygens (including phenoxy) is 1. The Hall–Kier alpha value is -3.82. The molecule has 0 radical (unpaired) electrons. The molecule has 5 atom stereocenters. The van der Waals surface area contributed by atoms with Gasteiger partial charge in [0, 0.05) is 22.5 Å². The molecule has 2 fully saturated rings. The quantitative estimate of drug-likeness (QED) is 0.162. The number of rotatable bonds is 0. The molecule has 0 bridgehead atoms. The highest BCUT2D eigenvalue weighted by atomic mass is 16.5. The van der Waals surface area contributed by atoms with E-state index in [1.54, 1.807) is 27.8 Å². The van der Waals surface area contributed by atoms with E-state index in [1.165, 1.54) is 86.6 Å². The summed E-state index contributed by atoms with van der Waals surface area (Å²) < 4.78 is 5.76. The standard InChI is InChI=1S/C16H21N.C14H20.C13H18O.C13H18.C9H17N/c1-16(2,3)11-8-9-13-12-6-4-5-7-14(12)17-15(13)10-11;1-14(2,3)13-9-8-11-6-4-5-7-12(11)10-13;1-13(2,3)11-8-10-6-4-5-7-12(10)14-9-11;1-13(2,3)12-8-10-6-4-5-7-11(10)9-12;1-9(2,3)8-6-4-10-5-7(6)8/h4-7,11,17H,8-10H2,1-3H3;4-7,13H,8-10H2,1-3H3;4-7,11H,8-9H2,1-3H3;4-7,12H,8-9H2,1-3H3;6-8,10H,4-5H2,1-3H3. The second-order valence-electron chi connectivity index (χ2n) is 27.3. The lowest BCUT2D eigenvalue weighted by molar-refractivity contribution is 0.127. The smallest absolute Gasteiger partial charge is 0.122 e. The van der Waals surface area contributed by atoms with E-state index in [-0.39, 0.29) is 0 Å². The normalized spacial score (nSPS) is 24.0. The zero-order valence-electron chi connectivity index (χ0n) is 45.7. The van der Waals surface area contributed by atoms with Crippen LogP contribution in [0.15, 0.2) is 97.1 Å². The van der Waals surface area contributed by atoms with Gasteiger partial charge in [-0.3, -0.25) is 0 Å². The molecule has 4 aromatic carbocycles. The van der Waals surface area contributed by atoms with Gasteiger partial charge in [-0.1, -0.05) is 189 Å². The van der Waals surface area contributed by atoms with E-state index < -0.39 is 0 Å². The van der Waals surface area contributed by atoms with Crippen LogP contribution in [0.5, 0.6) is 5.75 Å². The maximum Gasteiger partial charge on any atom is 0.122 e. The predicted molar refractivity (Wildman–Crippen MR) is 293 cm³/mol. The molecular formula is C65H94N2O. The van der Waals surface area contributed by atoms with Crippen molar-refractivity contribution in [3.05, 3.63) is 136 Å². The molecule has 1 saturated heterocycles. The minimum Gasteiger partial charge on any atom is -0.493 e. The van der Waals surface area contributed by atoms with Crippen LogP contribution in [0.2, 0.25) is 0 Å². The van der Waals surface area contributed by atoms with Crippen LogP contribution in [0.1, 0.15) is 156 Å². The number of nitrogens with one attached hydrogen (secondary N) is 2. The van der Waals surface area contributed by atoms with Gasteiger partial charge in [0.15, 0.2) is 0 Å². The molecule has 3 heteroatoms. The number of hydrogen-bond acceptors (Lipinski definition) is 2. The minimum atomic E-state index is 0.341. The Morgan fingerprint density at radius 1 is 0.426 bits per heavy atom.